The van der Waals surface area contributed by atoms with Gasteiger partial charge in [0.2, 0.25) is 0 Å². The predicted octanol–water partition coefficient (Wildman–Crippen LogP) is 4.98. The molecule has 0 bridgehead atoms. The number of hydrogen-bond donors (Lipinski definition) is 0. The van der Waals surface area contributed by atoms with Crippen LogP contribution in [0.15, 0.2) is 60.7 Å². The highest BCUT2D eigenvalue weighted by Crippen LogP contribution is 2.14. The molecule has 2 aromatic rings. The Morgan fingerprint density at radius 1 is 1.00 bits per heavy atom. The highest BCUT2D eigenvalue weighted by Gasteiger charge is 1.99. The average molecular weight is 315 g/mol. The lowest BCUT2D eigenvalue weighted by Gasteiger charge is -2.05. The minimum atomic E-state index is 0.00185. The second-order valence-corrected chi connectivity index (χ2v) is 5.26. The molecular weight excluding hydrogens is 296 g/mol. The minimum absolute atomic E-state index is 0.00185. The van der Waals surface area contributed by atoms with Crippen LogP contribution in [0, 0.1) is 0 Å². The van der Waals surface area contributed by atoms with E-state index in [2.05, 4.69) is 0 Å². The summed E-state index contributed by atoms with van der Waals surface area (Å²) in [5.74, 6) is 1.51. The lowest BCUT2D eigenvalue weighted by atomic mass is 10.1. The second-order valence-electron chi connectivity index (χ2n) is 4.88. The molecule has 0 fully saturated rings. The molecule has 0 radical (unpaired) electrons. The van der Waals surface area contributed by atoms with Gasteiger partial charge in [0.15, 0.2) is 5.78 Å². The zero-order chi connectivity index (χ0) is 15.6. The van der Waals surface area contributed by atoms with Crippen molar-refractivity contribution in [1.82, 2.24) is 0 Å². The third-order valence-electron chi connectivity index (χ3n) is 3.16. The van der Waals surface area contributed by atoms with Gasteiger partial charge in [-0.05, 0) is 36.6 Å². The van der Waals surface area contributed by atoms with Gasteiger partial charge in [0.1, 0.15) is 5.75 Å². The lowest BCUT2D eigenvalue weighted by molar-refractivity contribution is 0.104. The smallest absolute Gasteiger partial charge is 0.185 e. The summed E-state index contributed by atoms with van der Waals surface area (Å²) >= 11 is 5.62. The Kier molecular flexibility index (Phi) is 6.72. The number of carbonyl (C=O) groups is 1. The molecule has 2 rings (SSSR count). The molecule has 0 N–H and O–H groups in total. The normalized spacial score (nSPS) is 10.8. The predicted molar refractivity (Wildman–Crippen MR) is 91.7 cm³/mol. The number of benzene rings is 2. The van der Waals surface area contributed by atoms with E-state index in [-0.39, 0.29) is 5.78 Å². The molecule has 114 valence electrons. The Bertz CT molecular complexity index is 603. The lowest BCUT2D eigenvalue weighted by Crippen LogP contribution is -1.97. The van der Waals surface area contributed by atoms with E-state index < -0.39 is 0 Å². The fourth-order valence-corrected chi connectivity index (χ4v) is 2.12. The van der Waals surface area contributed by atoms with Gasteiger partial charge in [-0.1, -0.05) is 48.5 Å². The highest BCUT2D eigenvalue weighted by atomic mass is 35.5. The number of carbonyl (C=O) groups excluding carboxylic acids is 1. The van der Waals surface area contributed by atoms with Crippen LogP contribution in [0.2, 0.25) is 0 Å². The van der Waals surface area contributed by atoms with E-state index in [1.165, 1.54) is 0 Å². The number of halogens is 1. The van der Waals surface area contributed by atoms with E-state index in [1.54, 1.807) is 6.08 Å². The van der Waals surface area contributed by atoms with Gasteiger partial charge in [-0.25, -0.2) is 0 Å². The van der Waals surface area contributed by atoms with E-state index >= 15 is 0 Å². The van der Waals surface area contributed by atoms with Crippen LogP contribution in [-0.4, -0.2) is 18.3 Å². The van der Waals surface area contributed by atoms with Crippen LogP contribution >= 0.6 is 11.6 Å². The van der Waals surface area contributed by atoms with E-state index in [4.69, 9.17) is 16.3 Å². The Morgan fingerprint density at radius 3 is 2.41 bits per heavy atom. The van der Waals surface area contributed by atoms with Crippen molar-refractivity contribution in [2.24, 2.45) is 0 Å². The minimum Gasteiger partial charge on any atom is -0.494 e. The third kappa shape index (κ3) is 5.38. The zero-order valence-electron chi connectivity index (χ0n) is 12.4. The van der Waals surface area contributed by atoms with Gasteiger partial charge in [0, 0.05) is 11.4 Å². The monoisotopic (exact) mass is 314 g/mol. The van der Waals surface area contributed by atoms with Gasteiger partial charge in [-0.15, -0.1) is 11.6 Å². The topological polar surface area (TPSA) is 26.3 Å². The van der Waals surface area contributed by atoms with E-state index in [0.29, 0.717) is 18.1 Å². The van der Waals surface area contributed by atoms with Gasteiger partial charge in [-0.3, -0.25) is 4.79 Å². The Labute approximate surface area is 136 Å². The van der Waals surface area contributed by atoms with Crippen LogP contribution in [0.1, 0.15) is 28.8 Å². The molecule has 0 aliphatic rings. The molecule has 22 heavy (non-hydrogen) atoms. The second kappa shape index (κ2) is 9.06. The van der Waals surface area contributed by atoms with E-state index in [9.17, 15) is 4.79 Å². The SMILES string of the molecule is O=C(C=Cc1ccc(OCCCCCl)cc1)c1ccccc1. The fraction of sp³-hybridized carbons (Fsp3) is 0.211. The molecule has 3 heteroatoms. The van der Waals surface area contributed by atoms with Crippen molar-refractivity contribution >= 4 is 23.5 Å². The first-order chi connectivity index (χ1) is 10.8. The largest absolute Gasteiger partial charge is 0.494 e. The molecule has 0 atom stereocenters. The molecule has 2 nitrogen and oxygen atoms in total. The van der Waals surface area contributed by atoms with Crippen molar-refractivity contribution in [2.45, 2.75) is 12.8 Å². The van der Waals surface area contributed by atoms with Crippen molar-refractivity contribution in [1.29, 1.82) is 0 Å². The molecule has 0 aliphatic carbocycles. The highest BCUT2D eigenvalue weighted by molar-refractivity contribution is 6.17. The summed E-state index contributed by atoms with van der Waals surface area (Å²) in [6.45, 7) is 0.675. The van der Waals surface area contributed by atoms with E-state index in [1.807, 2.05) is 60.7 Å². The number of rotatable bonds is 8. The van der Waals surface area contributed by atoms with Crippen molar-refractivity contribution in [3.8, 4) is 5.75 Å². The molecular formula is C19H19ClO2. The Morgan fingerprint density at radius 2 is 1.73 bits per heavy atom. The summed E-state index contributed by atoms with van der Waals surface area (Å²) < 4.78 is 5.61. The first-order valence-electron chi connectivity index (χ1n) is 7.36. The van der Waals surface area contributed by atoms with Crippen LogP contribution in [0.4, 0.5) is 0 Å². The third-order valence-corrected chi connectivity index (χ3v) is 3.43. The number of ketones is 1. The fourth-order valence-electron chi connectivity index (χ4n) is 1.93. The van der Waals surface area contributed by atoms with Gasteiger partial charge in [0.25, 0.3) is 0 Å². The van der Waals surface area contributed by atoms with Crippen molar-refractivity contribution in [3.05, 3.63) is 71.8 Å². The van der Waals surface area contributed by atoms with Crippen molar-refractivity contribution < 1.29 is 9.53 Å². The molecule has 0 saturated heterocycles. The maximum absolute atomic E-state index is 12.0. The van der Waals surface area contributed by atoms with Crippen LogP contribution in [0.25, 0.3) is 6.08 Å². The molecule has 0 spiro atoms. The molecule has 0 amide bonds. The summed E-state index contributed by atoms with van der Waals surface area (Å²) in [4.78, 5) is 12.0. The van der Waals surface area contributed by atoms with Crippen LogP contribution < -0.4 is 4.74 Å². The van der Waals surface area contributed by atoms with Gasteiger partial charge >= 0.3 is 0 Å². The summed E-state index contributed by atoms with van der Waals surface area (Å²) in [5, 5.41) is 0. The van der Waals surface area contributed by atoms with Gasteiger partial charge in [-0.2, -0.15) is 0 Å². The molecule has 0 heterocycles. The first kappa shape index (κ1) is 16.3. The summed E-state index contributed by atoms with van der Waals surface area (Å²) in [7, 11) is 0. The number of hydrogen-bond acceptors (Lipinski definition) is 2. The zero-order valence-corrected chi connectivity index (χ0v) is 13.1. The quantitative estimate of drug-likeness (QED) is 0.297. The summed E-state index contributed by atoms with van der Waals surface area (Å²) in [6.07, 6.45) is 5.32. The number of ether oxygens (including phenoxy) is 1. The Balaban J connectivity index is 1.88. The van der Waals surface area contributed by atoms with Crippen LogP contribution in [0.5, 0.6) is 5.75 Å². The van der Waals surface area contributed by atoms with Gasteiger partial charge in [0.05, 0.1) is 6.61 Å². The standard InChI is InChI=1S/C19H19ClO2/c20-14-4-5-15-22-18-11-8-16(9-12-18)10-13-19(21)17-6-2-1-3-7-17/h1-3,6-13H,4-5,14-15H2. The maximum atomic E-state index is 12.0. The summed E-state index contributed by atoms with van der Waals surface area (Å²) in [5.41, 5.74) is 1.66. The molecule has 0 unspecified atom stereocenters. The molecule has 0 aliphatic heterocycles. The first-order valence-corrected chi connectivity index (χ1v) is 7.89. The maximum Gasteiger partial charge on any atom is 0.185 e. The average Bonchev–Trinajstić information content (AvgIpc) is 2.58. The van der Waals surface area contributed by atoms with Gasteiger partial charge < -0.3 is 4.74 Å². The Hall–Kier alpha value is -2.06. The number of allylic oxidation sites excluding steroid dienone is 1. The summed E-state index contributed by atoms with van der Waals surface area (Å²) in [6, 6.07) is 16.9. The van der Waals surface area contributed by atoms with Crippen LogP contribution in [0.3, 0.4) is 0 Å². The van der Waals surface area contributed by atoms with Crippen molar-refractivity contribution in [3.63, 3.8) is 0 Å². The molecule has 0 aromatic heterocycles. The molecule has 0 saturated carbocycles. The number of alkyl halides is 1. The van der Waals surface area contributed by atoms with E-state index in [0.717, 1.165) is 24.2 Å². The number of unbranched alkanes of at least 4 members (excludes halogenated alkanes) is 1. The van der Waals surface area contributed by atoms with Crippen LogP contribution in [-0.2, 0) is 0 Å². The molecule has 2 aromatic carbocycles. The van der Waals surface area contributed by atoms with Crippen molar-refractivity contribution in [2.75, 3.05) is 12.5 Å².